The monoisotopic (exact) mass is 167 g/mol. The molecule has 1 nitrogen and oxygen atoms in total. The van der Waals surface area contributed by atoms with Gasteiger partial charge in [0.05, 0.1) is 0 Å². The summed E-state index contributed by atoms with van der Waals surface area (Å²) in [5, 5.41) is 3.68. The summed E-state index contributed by atoms with van der Waals surface area (Å²) in [5.41, 5.74) is 1.11. The number of hydrogen-bond acceptors (Lipinski definition) is 1. The molecule has 0 aromatic carbocycles. The van der Waals surface area contributed by atoms with Crippen LogP contribution in [0.25, 0.3) is 0 Å². The third-order valence-electron chi connectivity index (χ3n) is 3.74. The summed E-state index contributed by atoms with van der Waals surface area (Å²) in [4.78, 5) is 0. The molecular formula is C11H21N. The number of nitrogens with one attached hydrogen (secondary N) is 1. The van der Waals surface area contributed by atoms with Crippen LogP contribution < -0.4 is 5.32 Å². The van der Waals surface area contributed by atoms with Gasteiger partial charge in [-0.05, 0) is 50.5 Å². The summed E-state index contributed by atoms with van der Waals surface area (Å²) in [7, 11) is 0. The van der Waals surface area contributed by atoms with E-state index in [4.69, 9.17) is 0 Å². The van der Waals surface area contributed by atoms with Crippen molar-refractivity contribution in [2.45, 2.75) is 52.0 Å². The maximum atomic E-state index is 3.68. The van der Waals surface area contributed by atoms with E-state index in [0.717, 1.165) is 5.92 Å². The van der Waals surface area contributed by atoms with E-state index in [-0.39, 0.29) is 0 Å². The summed E-state index contributed by atoms with van der Waals surface area (Å²) < 4.78 is 0. The van der Waals surface area contributed by atoms with Crippen molar-refractivity contribution in [1.29, 1.82) is 0 Å². The van der Waals surface area contributed by atoms with Crippen LogP contribution in [0.2, 0.25) is 0 Å². The average molecular weight is 167 g/mol. The zero-order valence-electron chi connectivity index (χ0n) is 8.61. The number of piperidine rings is 1. The molecule has 1 saturated heterocycles. The van der Waals surface area contributed by atoms with Crippen LogP contribution in [-0.4, -0.2) is 12.1 Å². The minimum Gasteiger partial charge on any atom is -0.311 e. The molecular weight excluding hydrogens is 146 g/mol. The predicted octanol–water partition coefficient (Wildman–Crippen LogP) is 2.56. The van der Waals surface area contributed by atoms with E-state index in [1.807, 2.05) is 0 Å². The lowest BCUT2D eigenvalue weighted by molar-refractivity contribution is 0.0359. The first-order chi connectivity index (χ1) is 5.52. The molecule has 70 valence electrons. The Kier molecular flexibility index (Phi) is 1.76. The van der Waals surface area contributed by atoms with Crippen molar-refractivity contribution < 1.29 is 0 Å². The van der Waals surface area contributed by atoms with Crippen LogP contribution in [0.5, 0.6) is 0 Å². The summed E-state index contributed by atoms with van der Waals surface area (Å²) in [6.45, 7) is 8.52. The average Bonchev–Trinajstić information content (AvgIpc) is 1.79. The fraction of sp³-hybridized carbons (Fsp3) is 1.00. The fourth-order valence-electron chi connectivity index (χ4n) is 3.76. The number of rotatable bonds is 0. The molecule has 0 aromatic heterocycles. The molecule has 2 bridgehead atoms. The third kappa shape index (κ3) is 1.39. The Morgan fingerprint density at radius 2 is 2.00 bits per heavy atom. The number of fused-ring (bicyclic) bond motifs is 2. The van der Waals surface area contributed by atoms with Gasteiger partial charge in [-0.3, -0.25) is 0 Å². The standard InChI is InChI=1S/C11H21N/c1-9-6-10(2)4-5-12-11(3,7-9)8-10/h9,12H,4-8H2,1-3H3. The normalized spacial score (nSPS) is 53.8. The Balaban J connectivity index is 2.19. The van der Waals surface area contributed by atoms with Gasteiger partial charge in [-0.1, -0.05) is 13.8 Å². The Labute approximate surface area is 75.9 Å². The van der Waals surface area contributed by atoms with Crippen molar-refractivity contribution >= 4 is 0 Å². The SMILES string of the molecule is CC1CC2(C)CCNC(C)(C1)C2. The molecule has 1 heterocycles. The second-order valence-electron chi connectivity index (χ2n) is 5.74. The van der Waals surface area contributed by atoms with Gasteiger partial charge in [0.1, 0.15) is 0 Å². The number of hydrogen-bond donors (Lipinski definition) is 1. The molecule has 3 atom stereocenters. The lowest BCUT2D eigenvalue weighted by Crippen LogP contribution is -2.56. The van der Waals surface area contributed by atoms with E-state index < -0.39 is 0 Å². The van der Waals surface area contributed by atoms with Crippen LogP contribution in [0, 0.1) is 11.3 Å². The molecule has 2 rings (SSSR count). The van der Waals surface area contributed by atoms with Gasteiger partial charge in [-0.25, -0.2) is 0 Å². The van der Waals surface area contributed by atoms with Crippen LogP contribution in [0.4, 0.5) is 0 Å². The van der Waals surface area contributed by atoms with Crippen molar-refractivity contribution in [2.24, 2.45) is 11.3 Å². The van der Waals surface area contributed by atoms with Crippen LogP contribution in [0.3, 0.4) is 0 Å². The first kappa shape index (κ1) is 8.55. The largest absolute Gasteiger partial charge is 0.311 e. The van der Waals surface area contributed by atoms with Crippen LogP contribution in [-0.2, 0) is 0 Å². The Morgan fingerprint density at radius 3 is 2.67 bits per heavy atom. The van der Waals surface area contributed by atoms with E-state index in [1.54, 1.807) is 0 Å². The van der Waals surface area contributed by atoms with Gasteiger partial charge in [-0.2, -0.15) is 0 Å². The summed E-state index contributed by atoms with van der Waals surface area (Å²) >= 11 is 0. The molecule has 0 spiro atoms. The van der Waals surface area contributed by atoms with Gasteiger partial charge in [-0.15, -0.1) is 0 Å². The highest BCUT2D eigenvalue weighted by molar-refractivity contribution is 5.01. The first-order valence-corrected chi connectivity index (χ1v) is 5.27. The Hall–Kier alpha value is -0.0400. The summed E-state index contributed by atoms with van der Waals surface area (Å²) in [6, 6.07) is 0. The lowest BCUT2D eigenvalue weighted by atomic mass is 9.60. The fourth-order valence-corrected chi connectivity index (χ4v) is 3.76. The molecule has 1 aliphatic heterocycles. The lowest BCUT2D eigenvalue weighted by Gasteiger charge is -2.52. The van der Waals surface area contributed by atoms with Crippen molar-refractivity contribution in [3.8, 4) is 0 Å². The highest BCUT2D eigenvalue weighted by Gasteiger charge is 2.44. The van der Waals surface area contributed by atoms with Crippen molar-refractivity contribution in [3.05, 3.63) is 0 Å². The minimum absolute atomic E-state index is 0.463. The van der Waals surface area contributed by atoms with Gasteiger partial charge in [0.2, 0.25) is 0 Å². The molecule has 12 heavy (non-hydrogen) atoms. The van der Waals surface area contributed by atoms with Crippen LogP contribution in [0.1, 0.15) is 46.5 Å². The maximum absolute atomic E-state index is 3.68. The topological polar surface area (TPSA) is 12.0 Å². The van der Waals surface area contributed by atoms with E-state index in [2.05, 4.69) is 26.1 Å². The van der Waals surface area contributed by atoms with Crippen molar-refractivity contribution in [3.63, 3.8) is 0 Å². The molecule has 0 aromatic rings. The highest BCUT2D eigenvalue weighted by Crippen LogP contribution is 2.48. The molecule has 0 radical (unpaired) electrons. The minimum atomic E-state index is 0.463. The molecule has 1 heteroatoms. The molecule has 2 aliphatic rings. The second-order valence-corrected chi connectivity index (χ2v) is 5.74. The van der Waals surface area contributed by atoms with Gasteiger partial charge in [0.15, 0.2) is 0 Å². The summed E-state index contributed by atoms with van der Waals surface area (Å²) in [6.07, 6.45) is 5.60. The Bertz CT molecular complexity index is 171. The van der Waals surface area contributed by atoms with Gasteiger partial charge in [0.25, 0.3) is 0 Å². The molecule has 2 fully saturated rings. The predicted molar refractivity (Wildman–Crippen MR) is 52.1 cm³/mol. The van der Waals surface area contributed by atoms with Gasteiger partial charge < -0.3 is 5.32 Å². The van der Waals surface area contributed by atoms with Crippen LogP contribution in [0.15, 0.2) is 0 Å². The quantitative estimate of drug-likeness (QED) is 0.584. The summed E-state index contributed by atoms with van der Waals surface area (Å²) in [5.74, 6) is 0.918. The molecule has 1 aliphatic carbocycles. The third-order valence-corrected chi connectivity index (χ3v) is 3.74. The zero-order chi connectivity index (χ0) is 8.82. The van der Waals surface area contributed by atoms with Gasteiger partial charge >= 0.3 is 0 Å². The molecule has 1 saturated carbocycles. The van der Waals surface area contributed by atoms with Crippen LogP contribution >= 0.6 is 0 Å². The van der Waals surface area contributed by atoms with Crippen molar-refractivity contribution in [2.75, 3.05) is 6.54 Å². The Morgan fingerprint density at radius 1 is 1.25 bits per heavy atom. The highest BCUT2D eigenvalue weighted by atomic mass is 15.0. The maximum Gasteiger partial charge on any atom is 0.0161 e. The molecule has 0 amide bonds. The zero-order valence-corrected chi connectivity index (χ0v) is 8.61. The first-order valence-electron chi connectivity index (χ1n) is 5.27. The van der Waals surface area contributed by atoms with E-state index >= 15 is 0 Å². The van der Waals surface area contributed by atoms with E-state index in [0.29, 0.717) is 11.0 Å². The molecule has 3 unspecified atom stereocenters. The van der Waals surface area contributed by atoms with E-state index in [1.165, 1.54) is 32.2 Å². The smallest absolute Gasteiger partial charge is 0.0161 e. The van der Waals surface area contributed by atoms with Crippen molar-refractivity contribution in [1.82, 2.24) is 5.32 Å². The van der Waals surface area contributed by atoms with E-state index in [9.17, 15) is 0 Å². The second kappa shape index (κ2) is 2.47. The van der Waals surface area contributed by atoms with Gasteiger partial charge in [0, 0.05) is 5.54 Å². The molecule has 1 N–H and O–H groups in total.